The molecule has 1 aliphatic heterocycles. The van der Waals surface area contributed by atoms with Gasteiger partial charge in [0.2, 0.25) is 5.91 Å². The van der Waals surface area contributed by atoms with Gasteiger partial charge in [0, 0.05) is 6.61 Å². The molecule has 1 amide bonds. The zero-order valence-corrected chi connectivity index (χ0v) is 12.4. The molecule has 0 radical (unpaired) electrons. The van der Waals surface area contributed by atoms with E-state index in [1.807, 2.05) is 0 Å². The molecule has 1 heterocycles. The number of hydrogen-bond acceptors (Lipinski definition) is 3. The largest absolute Gasteiger partial charge is 0.495 e. The van der Waals surface area contributed by atoms with Crippen LogP contribution in [0.5, 0.6) is 5.75 Å². The Hall–Kier alpha value is -1.76. The van der Waals surface area contributed by atoms with E-state index < -0.39 is 30.7 Å². The smallest absolute Gasteiger partial charge is 0.406 e. The fourth-order valence-electron chi connectivity index (χ4n) is 2.57. The van der Waals surface area contributed by atoms with Crippen LogP contribution < -0.4 is 9.64 Å². The van der Waals surface area contributed by atoms with Crippen molar-refractivity contribution >= 4 is 11.6 Å². The number of nitrogens with zero attached hydrogens (tertiary/aromatic N) is 1. The Labute approximate surface area is 126 Å². The maximum Gasteiger partial charge on any atom is 0.406 e. The van der Waals surface area contributed by atoms with Crippen LogP contribution in [0.15, 0.2) is 24.3 Å². The summed E-state index contributed by atoms with van der Waals surface area (Å²) in [6.07, 6.45) is -4.47. The van der Waals surface area contributed by atoms with Gasteiger partial charge in [-0.2, -0.15) is 13.2 Å². The molecule has 1 aromatic rings. The van der Waals surface area contributed by atoms with Crippen molar-refractivity contribution in [1.29, 1.82) is 0 Å². The lowest BCUT2D eigenvalue weighted by atomic mass is 10.0. The van der Waals surface area contributed by atoms with Crippen LogP contribution in [0.3, 0.4) is 0 Å². The second-order valence-electron chi connectivity index (χ2n) is 5.18. The molecular weight excluding hydrogens is 299 g/mol. The molecule has 0 aliphatic carbocycles. The number of methoxy groups -OCH3 is 1. The molecule has 22 heavy (non-hydrogen) atoms. The van der Waals surface area contributed by atoms with E-state index >= 15 is 0 Å². The number of ether oxygens (including phenoxy) is 2. The summed E-state index contributed by atoms with van der Waals surface area (Å²) in [6.45, 7) is 0.725. The Kier molecular flexibility index (Phi) is 4.95. The summed E-state index contributed by atoms with van der Waals surface area (Å²) in [5.74, 6) is -0.939. The molecule has 0 spiro atoms. The summed E-state index contributed by atoms with van der Waals surface area (Å²) >= 11 is 0. The number of para-hydroxylation sites is 2. The SMILES string of the molecule is COc1ccccc1N(CC(F)(F)F)C(=O)[C@H]1CCO[C@H]1C. The van der Waals surface area contributed by atoms with Gasteiger partial charge < -0.3 is 9.47 Å². The highest BCUT2D eigenvalue weighted by atomic mass is 19.4. The van der Waals surface area contributed by atoms with Crippen molar-refractivity contribution in [1.82, 2.24) is 0 Å². The maximum atomic E-state index is 12.9. The Morgan fingerprint density at radius 2 is 2.09 bits per heavy atom. The Balaban J connectivity index is 2.36. The van der Waals surface area contributed by atoms with Crippen molar-refractivity contribution in [2.24, 2.45) is 5.92 Å². The molecule has 1 fully saturated rings. The fraction of sp³-hybridized carbons (Fsp3) is 0.533. The van der Waals surface area contributed by atoms with Crippen molar-refractivity contribution in [3.05, 3.63) is 24.3 Å². The molecule has 0 bridgehead atoms. The molecule has 0 saturated carbocycles. The monoisotopic (exact) mass is 317 g/mol. The van der Waals surface area contributed by atoms with E-state index in [4.69, 9.17) is 9.47 Å². The quantitative estimate of drug-likeness (QED) is 0.857. The summed E-state index contributed by atoms with van der Waals surface area (Å²) in [4.78, 5) is 13.3. The molecule has 2 rings (SSSR count). The topological polar surface area (TPSA) is 38.8 Å². The van der Waals surface area contributed by atoms with Crippen LogP contribution in [0.1, 0.15) is 13.3 Å². The van der Waals surface area contributed by atoms with Gasteiger partial charge in [-0.3, -0.25) is 9.69 Å². The summed E-state index contributed by atoms with van der Waals surface area (Å²) in [6, 6.07) is 6.19. The highest BCUT2D eigenvalue weighted by Gasteiger charge is 2.40. The first-order valence-electron chi connectivity index (χ1n) is 6.96. The molecule has 0 aromatic heterocycles. The number of amides is 1. The normalized spacial score (nSPS) is 21.7. The fourth-order valence-corrected chi connectivity index (χ4v) is 2.57. The zero-order chi connectivity index (χ0) is 16.3. The second-order valence-corrected chi connectivity index (χ2v) is 5.18. The lowest BCUT2D eigenvalue weighted by molar-refractivity contribution is -0.135. The molecule has 4 nitrogen and oxygen atoms in total. The van der Waals surface area contributed by atoms with Crippen LogP contribution in [0.2, 0.25) is 0 Å². The lowest BCUT2D eigenvalue weighted by Crippen LogP contribution is -2.44. The van der Waals surface area contributed by atoms with Crippen molar-refractivity contribution in [3.8, 4) is 5.75 Å². The van der Waals surface area contributed by atoms with Gasteiger partial charge in [-0.15, -0.1) is 0 Å². The summed E-state index contributed by atoms with van der Waals surface area (Å²) in [7, 11) is 1.36. The Morgan fingerprint density at radius 3 is 2.64 bits per heavy atom. The predicted octanol–water partition coefficient (Wildman–Crippen LogP) is 3.02. The third kappa shape index (κ3) is 3.71. The number of carbonyl (C=O) groups excluding carboxylic acids is 1. The van der Waals surface area contributed by atoms with Crippen molar-refractivity contribution in [3.63, 3.8) is 0 Å². The van der Waals surface area contributed by atoms with Crippen LogP contribution in [0, 0.1) is 5.92 Å². The molecule has 2 atom stereocenters. The lowest BCUT2D eigenvalue weighted by Gasteiger charge is -2.28. The third-order valence-corrected chi connectivity index (χ3v) is 3.67. The van der Waals surface area contributed by atoms with Gasteiger partial charge in [0.05, 0.1) is 24.8 Å². The van der Waals surface area contributed by atoms with Gasteiger partial charge >= 0.3 is 6.18 Å². The van der Waals surface area contributed by atoms with E-state index in [0.717, 1.165) is 4.90 Å². The molecule has 0 N–H and O–H groups in total. The highest BCUT2D eigenvalue weighted by Crippen LogP contribution is 2.33. The molecule has 1 aromatic carbocycles. The number of rotatable bonds is 4. The first-order chi connectivity index (χ1) is 10.3. The molecule has 7 heteroatoms. The molecule has 1 aliphatic rings. The molecule has 1 saturated heterocycles. The van der Waals surface area contributed by atoms with E-state index in [0.29, 0.717) is 13.0 Å². The average molecular weight is 317 g/mol. The first-order valence-corrected chi connectivity index (χ1v) is 6.96. The van der Waals surface area contributed by atoms with Gasteiger partial charge in [0.1, 0.15) is 12.3 Å². The van der Waals surface area contributed by atoms with E-state index in [1.165, 1.54) is 19.2 Å². The van der Waals surface area contributed by atoms with Crippen LogP contribution >= 0.6 is 0 Å². The summed E-state index contributed by atoms with van der Waals surface area (Å²) in [5, 5.41) is 0. The van der Waals surface area contributed by atoms with E-state index in [-0.39, 0.29) is 11.4 Å². The van der Waals surface area contributed by atoms with Gasteiger partial charge in [0.15, 0.2) is 0 Å². The van der Waals surface area contributed by atoms with Gasteiger partial charge in [0.25, 0.3) is 0 Å². The number of benzene rings is 1. The first kappa shape index (κ1) is 16.6. The van der Waals surface area contributed by atoms with Crippen molar-refractivity contribution in [2.45, 2.75) is 25.6 Å². The number of halogens is 3. The molecule has 0 unspecified atom stereocenters. The minimum absolute atomic E-state index is 0.117. The second kappa shape index (κ2) is 6.56. The number of carbonyl (C=O) groups is 1. The predicted molar refractivity (Wildman–Crippen MR) is 74.9 cm³/mol. The Bertz CT molecular complexity index is 533. The highest BCUT2D eigenvalue weighted by molar-refractivity contribution is 5.97. The average Bonchev–Trinajstić information content (AvgIpc) is 2.89. The summed E-state index contributed by atoms with van der Waals surface area (Å²) < 4.78 is 49.1. The Morgan fingerprint density at radius 1 is 1.41 bits per heavy atom. The van der Waals surface area contributed by atoms with E-state index in [9.17, 15) is 18.0 Å². The van der Waals surface area contributed by atoms with Crippen LogP contribution in [-0.2, 0) is 9.53 Å². The minimum Gasteiger partial charge on any atom is -0.495 e. The van der Waals surface area contributed by atoms with Gasteiger partial charge in [-0.05, 0) is 25.5 Å². The van der Waals surface area contributed by atoms with Crippen molar-refractivity contribution in [2.75, 3.05) is 25.2 Å². The van der Waals surface area contributed by atoms with Crippen molar-refractivity contribution < 1.29 is 27.4 Å². The van der Waals surface area contributed by atoms with E-state index in [1.54, 1.807) is 19.1 Å². The number of alkyl halides is 3. The van der Waals surface area contributed by atoms with E-state index in [2.05, 4.69) is 0 Å². The third-order valence-electron chi connectivity index (χ3n) is 3.67. The zero-order valence-electron chi connectivity index (χ0n) is 12.4. The summed E-state index contributed by atoms with van der Waals surface area (Å²) in [5.41, 5.74) is 0.117. The molecule has 122 valence electrons. The standard InChI is InChI=1S/C15H18F3NO3/c1-10-11(7-8-22-10)14(20)19(9-15(16,17)18)12-5-3-4-6-13(12)21-2/h3-6,10-11H,7-9H2,1-2H3/t10-,11-/m0/s1. The van der Waals surface area contributed by atoms with Gasteiger partial charge in [-0.1, -0.05) is 12.1 Å². The van der Waals surface area contributed by atoms with Crippen LogP contribution in [0.25, 0.3) is 0 Å². The van der Waals surface area contributed by atoms with Crippen LogP contribution in [0.4, 0.5) is 18.9 Å². The number of hydrogen-bond donors (Lipinski definition) is 0. The minimum atomic E-state index is -4.50. The van der Waals surface area contributed by atoms with Gasteiger partial charge in [-0.25, -0.2) is 0 Å². The number of anilines is 1. The molecular formula is C15H18F3NO3. The van der Waals surface area contributed by atoms with Crippen LogP contribution in [-0.4, -0.2) is 38.4 Å². The maximum absolute atomic E-state index is 12.9.